The Bertz CT molecular complexity index is 1170. The molecule has 3 aromatic rings. The Balaban J connectivity index is 1.90. The Hall–Kier alpha value is -3.52. The van der Waals surface area contributed by atoms with Crippen molar-refractivity contribution < 1.29 is 9.53 Å². The molecule has 0 aliphatic heterocycles. The maximum Gasteiger partial charge on any atom is 0.258 e. The minimum absolute atomic E-state index is 0.281. The number of halogens is 1. The molecule has 1 aromatic heterocycles. The predicted octanol–water partition coefficient (Wildman–Crippen LogP) is 4.73. The van der Waals surface area contributed by atoms with Crippen molar-refractivity contribution in [3.05, 3.63) is 70.5 Å². The number of anilines is 2. The average Bonchev–Trinajstić information content (AvgIpc) is 3.16. The quantitative estimate of drug-likeness (QED) is 0.358. The number of methoxy groups -OCH3 is 1. The lowest BCUT2D eigenvalue weighted by molar-refractivity contribution is 0.0977. The number of aryl methyl sites for hydroxylation is 2. The number of aromatic nitrogens is 2. The molecule has 9 heteroatoms. The van der Waals surface area contributed by atoms with Crippen molar-refractivity contribution in [3.8, 4) is 5.75 Å². The fourth-order valence-electron chi connectivity index (χ4n) is 3.34. The van der Waals surface area contributed by atoms with E-state index in [0.29, 0.717) is 28.6 Å². The summed E-state index contributed by atoms with van der Waals surface area (Å²) in [5.41, 5.74) is 3.92. The zero-order chi connectivity index (χ0) is 24.7. The van der Waals surface area contributed by atoms with Gasteiger partial charge in [0.25, 0.3) is 5.91 Å². The van der Waals surface area contributed by atoms with E-state index in [4.69, 9.17) is 16.3 Å². The first-order valence-electron chi connectivity index (χ1n) is 11.1. The lowest BCUT2D eigenvalue weighted by Crippen LogP contribution is -2.36. The summed E-state index contributed by atoms with van der Waals surface area (Å²) in [5, 5.41) is 11.1. The summed E-state index contributed by atoms with van der Waals surface area (Å²) in [5.74, 6) is 0.575. The molecule has 0 atom stereocenters. The molecule has 0 saturated heterocycles. The Morgan fingerprint density at radius 3 is 2.74 bits per heavy atom. The van der Waals surface area contributed by atoms with Crippen LogP contribution in [0.5, 0.6) is 5.75 Å². The summed E-state index contributed by atoms with van der Waals surface area (Å²) in [7, 11) is 5.43. The van der Waals surface area contributed by atoms with Gasteiger partial charge in [-0.25, -0.2) is 4.99 Å². The van der Waals surface area contributed by atoms with E-state index in [1.165, 1.54) is 0 Å². The van der Waals surface area contributed by atoms with Crippen LogP contribution in [0.15, 0.2) is 53.7 Å². The van der Waals surface area contributed by atoms with Gasteiger partial charge in [0.1, 0.15) is 5.75 Å². The van der Waals surface area contributed by atoms with Gasteiger partial charge in [0.2, 0.25) is 5.96 Å². The molecule has 1 heterocycles. The second-order valence-electron chi connectivity index (χ2n) is 8.04. The first-order valence-corrected chi connectivity index (χ1v) is 11.4. The zero-order valence-corrected chi connectivity index (χ0v) is 21.0. The van der Waals surface area contributed by atoms with Crippen molar-refractivity contribution in [3.63, 3.8) is 0 Å². The number of aliphatic imine (C=N–C) groups is 1. The lowest BCUT2D eigenvalue weighted by atomic mass is 10.2. The van der Waals surface area contributed by atoms with Crippen LogP contribution in [0, 0.1) is 6.92 Å². The highest BCUT2D eigenvalue weighted by Gasteiger charge is 2.14. The Morgan fingerprint density at radius 2 is 2.03 bits per heavy atom. The van der Waals surface area contributed by atoms with E-state index in [1.807, 2.05) is 55.0 Å². The molecule has 0 unspecified atom stereocenters. The second kappa shape index (κ2) is 11.6. The normalized spacial score (nSPS) is 11.3. The van der Waals surface area contributed by atoms with Gasteiger partial charge < -0.3 is 15.0 Å². The number of hydrogen-bond donors (Lipinski definition) is 2. The number of benzene rings is 2. The third kappa shape index (κ3) is 6.51. The molecular formula is C25H31ClN6O2. The highest BCUT2D eigenvalue weighted by atomic mass is 35.5. The van der Waals surface area contributed by atoms with Gasteiger partial charge >= 0.3 is 0 Å². The fourth-order valence-corrected chi connectivity index (χ4v) is 3.52. The van der Waals surface area contributed by atoms with E-state index < -0.39 is 0 Å². The Morgan fingerprint density at radius 1 is 1.24 bits per heavy atom. The monoisotopic (exact) mass is 482 g/mol. The van der Waals surface area contributed by atoms with Gasteiger partial charge in [-0.3, -0.25) is 14.8 Å². The van der Waals surface area contributed by atoms with Crippen LogP contribution >= 0.6 is 11.6 Å². The minimum Gasteiger partial charge on any atom is -0.495 e. The summed E-state index contributed by atoms with van der Waals surface area (Å²) in [4.78, 5) is 19.7. The summed E-state index contributed by atoms with van der Waals surface area (Å²) in [6.07, 6.45) is 2.98. The number of guanidine groups is 1. The first-order chi connectivity index (χ1) is 16.3. The van der Waals surface area contributed by atoms with Crippen LogP contribution in [0.3, 0.4) is 0 Å². The summed E-state index contributed by atoms with van der Waals surface area (Å²) in [6, 6.07) is 12.6. The van der Waals surface area contributed by atoms with Gasteiger partial charge in [-0.05, 0) is 49.7 Å². The number of carbonyl (C=O) groups excluding carboxylic acids is 1. The maximum absolute atomic E-state index is 13.1. The molecule has 0 aliphatic carbocycles. The van der Waals surface area contributed by atoms with Gasteiger partial charge in [0.05, 0.1) is 25.0 Å². The molecule has 0 radical (unpaired) electrons. The lowest BCUT2D eigenvalue weighted by Gasteiger charge is -2.16. The summed E-state index contributed by atoms with van der Waals surface area (Å²) < 4.78 is 7.35. The van der Waals surface area contributed by atoms with Crippen molar-refractivity contribution in [2.45, 2.75) is 33.4 Å². The van der Waals surface area contributed by atoms with Gasteiger partial charge in [-0.1, -0.05) is 24.6 Å². The fraction of sp³-hybridized carbons (Fsp3) is 0.320. The zero-order valence-electron chi connectivity index (χ0n) is 20.2. The highest BCUT2D eigenvalue weighted by Crippen LogP contribution is 2.27. The molecule has 0 bridgehead atoms. The van der Waals surface area contributed by atoms with E-state index >= 15 is 0 Å². The van der Waals surface area contributed by atoms with Crippen LogP contribution in [0.2, 0.25) is 5.02 Å². The van der Waals surface area contributed by atoms with Crippen LogP contribution in [0.25, 0.3) is 0 Å². The number of carbonyl (C=O) groups is 1. The maximum atomic E-state index is 13.1. The molecule has 0 spiro atoms. The molecule has 0 fully saturated rings. The largest absolute Gasteiger partial charge is 0.495 e. The van der Waals surface area contributed by atoms with Crippen LogP contribution in [-0.2, 0) is 13.1 Å². The Kier molecular flexibility index (Phi) is 8.54. The van der Waals surface area contributed by atoms with E-state index in [2.05, 4.69) is 27.6 Å². The van der Waals surface area contributed by atoms with Crippen molar-refractivity contribution in [1.29, 1.82) is 0 Å². The molecule has 0 aliphatic rings. The highest BCUT2D eigenvalue weighted by molar-refractivity contribution is 6.31. The molecular weight excluding hydrogens is 452 g/mol. The SMILES string of the molecule is CCCn1cc(CN=C(NC(=O)c2cccc(N(C)C)c2)Nc2cc(Cl)ccc2OC)c(C)n1. The molecule has 0 saturated carbocycles. The molecule has 3 rings (SSSR count). The van der Waals surface area contributed by atoms with Crippen molar-refractivity contribution in [2.75, 3.05) is 31.4 Å². The number of nitrogens with zero attached hydrogens (tertiary/aromatic N) is 4. The summed E-state index contributed by atoms with van der Waals surface area (Å²) in [6.45, 7) is 5.25. The summed E-state index contributed by atoms with van der Waals surface area (Å²) >= 11 is 6.19. The van der Waals surface area contributed by atoms with Crippen LogP contribution in [-0.4, -0.2) is 42.9 Å². The Labute approximate surface area is 205 Å². The third-order valence-electron chi connectivity index (χ3n) is 5.18. The molecule has 34 heavy (non-hydrogen) atoms. The average molecular weight is 483 g/mol. The molecule has 8 nitrogen and oxygen atoms in total. The third-order valence-corrected chi connectivity index (χ3v) is 5.41. The van der Waals surface area contributed by atoms with Crippen molar-refractivity contribution in [2.24, 2.45) is 4.99 Å². The van der Waals surface area contributed by atoms with Gasteiger partial charge in [-0.15, -0.1) is 0 Å². The van der Waals surface area contributed by atoms with Crippen molar-refractivity contribution in [1.82, 2.24) is 15.1 Å². The number of amides is 1. The molecule has 2 N–H and O–H groups in total. The van der Waals surface area contributed by atoms with Gasteiger partial charge in [0.15, 0.2) is 0 Å². The number of hydrogen-bond acceptors (Lipinski definition) is 5. The van der Waals surface area contributed by atoms with Crippen LogP contribution in [0.4, 0.5) is 11.4 Å². The van der Waals surface area contributed by atoms with E-state index in [-0.39, 0.29) is 11.9 Å². The molecule has 180 valence electrons. The standard InChI is InChI=1S/C25H31ClN6O2/c1-6-12-32-16-19(17(2)30-32)15-27-25(28-22-14-20(26)10-11-23(22)34-5)29-24(33)18-8-7-9-21(13-18)31(3)4/h7-11,13-14,16H,6,12,15H2,1-5H3,(H2,27,28,29,33). The van der Waals surface area contributed by atoms with Crippen molar-refractivity contribution >= 4 is 34.8 Å². The predicted molar refractivity (Wildman–Crippen MR) is 138 cm³/mol. The minimum atomic E-state index is -0.283. The van der Waals surface area contributed by atoms with Gasteiger partial charge in [-0.2, -0.15) is 5.10 Å². The van der Waals surface area contributed by atoms with Gasteiger partial charge in [0, 0.05) is 48.7 Å². The number of nitrogens with one attached hydrogen (secondary N) is 2. The van der Waals surface area contributed by atoms with E-state index in [9.17, 15) is 4.79 Å². The van der Waals surface area contributed by atoms with E-state index in [0.717, 1.165) is 29.9 Å². The topological polar surface area (TPSA) is 83.8 Å². The number of rotatable bonds is 8. The first kappa shape index (κ1) is 25.1. The number of ether oxygens (including phenoxy) is 1. The second-order valence-corrected chi connectivity index (χ2v) is 8.47. The van der Waals surface area contributed by atoms with E-state index in [1.54, 1.807) is 31.4 Å². The molecule has 1 amide bonds. The smallest absolute Gasteiger partial charge is 0.258 e. The molecule has 2 aromatic carbocycles. The van der Waals surface area contributed by atoms with Crippen LogP contribution < -0.4 is 20.3 Å². The van der Waals surface area contributed by atoms with Crippen LogP contribution in [0.1, 0.15) is 35.0 Å².